The van der Waals surface area contributed by atoms with Crippen LogP contribution in [0.1, 0.15) is 15.9 Å². The number of benzene rings is 2. The average molecular weight is 254 g/mol. The lowest BCUT2D eigenvalue weighted by Gasteiger charge is -2.29. The van der Waals surface area contributed by atoms with Crippen molar-refractivity contribution < 1.29 is 4.79 Å². The fourth-order valence-electron chi connectivity index (χ4n) is 1.88. The number of hydrogen-bond acceptors (Lipinski definition) is 2. The molecule has 0 aromatic heterocycles. The third-order valence-corrected chi connectivity index (χ3v) is 2.91. The molecule has 0 heterocycles. The lowest BCUT2D eigenvalue weighted by atomic mass is 10.2. The van der Waals surface area contributed by atoms with Gasteiger partial charge in [0.25, 0.3) is 5.91 Å². The second-order valence-corrected chi connectivity index (χ2v) is 4.56. The van der Waals surface area contributed by atoms with Crippen LogP contribution in [0.15, 0.2) is 60.7 Å². The van der Waals surface area contributed by atoms with E-state index in [1.54, 1.807) is 5.01 Å². The highest BCUT2D eigenvalue weighted by atomic mass is 16.2. The first-order valence-electron chi connectivity index (χ1n) is 6.26. The van der Waals surface area contributed by atoms with E-state index in [0.29, 0.717) is 12.1 Å². The quantitative estimate of drug-likeness (QED) is 0.783. The largest absolute Gasteiger partial charge is 0.268 e. The molecular formula is C16H18N2O. The van der Waals surface area contributed by atoms with Gasteiger partial charge in [-0.1, -0.05) is 48.5 Å². The van der Waals surface area contributed by atoms with Crippen molar-refractivity contribution in [3.05, 3.63) is 71.8 Å². The van der Waals surface area contributed by atoms with Crippen LogP contribution in [0.3, 0.4) is 0 Å². The van der Waals surface area contributed by atoms with Gasteiger partial charge in [0.15, 0.2) is 0 Å². The lowest BCUT2D eigenvalue weighted by molar-refractivity contribution is 0.0155. The van der Waals surface area contributed by atoms with Crippen molar-refractivity contribution in [3.8, 4) is 0 Å². The minimum Gasteiger partial charge on any atom is -0.268 e. The first-order valence-corrected chi connectivity index (χ1v) is 6.26. The maximum atomic E-state index is 12.5. The summed E-state index contributed by atoms with van der Waals surface area (Å²) in [7, 11) is 3.76. The number of hydrogen-bond donors (Lipinski definition) is 0. The van der Waals surface area contributed by atoms with E-state index in [0.717, 1.165) is 5.56 Å². The van der Waals surface area contributed by atoms with Gasteiger partial charge in [-0.15, -0.1) is 0 Å². The van der Waals surface area contributed by atoms with Crippen molar-refractivity contribution in [1.82, 2.24) is 10.0 Å². The predicted octanol–water partition coefficient (Wildman–Crippen LogP) is 2.81. The molecule has 3 heteroatoms. The highest BCUT2D eigenvalue weighted by Crippen LogP contribution is 2.10. The molecule has 3 nitrogen and oxygen atoms in total. The van der Waals surface area contributed by atoms with Crippen molar-refractivity contribution >= 4 is 5.91 Å². The minimum atomic E-state index is 0.00875. The van der Waals surface area contributed by atoms with Gasteiger partial charge in [-0.2, -0.15) is 0 Å². The molecule has 98 valence electrons. The van der Waals surface area contributed by atoms with Gasteiger partial charge in [0.1, 0.15) is 0 Å². The number of rotatable bonds is 4. The zero-order chi connectivity index (χ0) is 13.7. The molecule has 0 spiro atoms. The van der Waals surface area contributed by atoms with Gasteiger partial charge in [-0.3, -0.25) is 9.80 Å². The number of nitrogens with zero attached hydrogens (tertiary/aromatic N) is 2. The molecule has 19 heavy (non-hydrogen) atoms. The average Bonchev–Trinajstić information content (AvgIpc) is 2.46. The smallest absolute Gasteiger partial charge is 0.268 e. The molecule has 0 saturated heterocycles. The van der Waals surface area contributed by atoms with Crippen LogP contribution in [0.25, 0.3) is 0 Å². The predicted molar refractivity (Wildman–Crippen MR) is 76.4 cm³/mol. The van der Waals surface area contributed by atoms with E-state index in [2.05, 4.69) is 0 Å². The second kappa shape index (κ2) is 6.16. The Morgan fingerprint density at radius 1 is 0.895 bits per heavy atom. The van der Waals surface area contributed by atoms with Crippen molar-refractivity contribution in [3.63, 3.8) is 0 Å². The first kappa shape index (κ1) is 13.3. The van der Waals surface area contributed by atoms with Crippen LogP contribution in [0.2, 0.25) is 0 Å². The molecule has 1 amide bonds. The van der Waals surface area contributed by atoms with Gasteiger partial charge in [0.05, 0.1) is 6.54 Å². The molecule has 2 rings (SSSR count). The van der Waals surface area contributed by atoms with Crippen molar-refractivity contribution in [2.24, 2.45) is 0 Å². The SMILES string of the molecule is CN(C)N(Cc1ccccc1)C(=O)c1ccccc1. The molecule has 0 aliphatic heterocycles. The maximum absolute atomic E-state index is 12.5. The summed E-state index contributed by atoms with van der Waals surface area (Å²) in [6.45, 7) is 0.571. The van der Waals surface area contributed by atoms with Gasteiger partial charge in [-0.05, 0) is 17.7 Å². The summed E-state index contributed by atoms with van der Waals surface area (Å²) in [5, 5.41) is 3.55. The summed E-state index contributed by atoms with van der Waals surface area (Å²) in [5.74, 6) is 0.00875. The number of hydrazine groups is 1. The lowest BCUT2D eigenvalue weighted by Crippen LogP contribution is -2.41. The Hall–Kier alpha value is -2.13. The molecule has 0 unspecified atom stereocenters. The highest BCUT2D eigenvalue weighted by molar-refractivity contribution is 5.93. The van der Waals surface area contributed by atoms with Crippen LogP contribution in [-0.4, -0.2) is 30.0 Å². The van der Waals surface area contributed by atoms with Gasteiger partial charge >= 0.3 is 0 Å². The van der Waals surface area contributed by atoms with E-state index in [1.165, 1.54) is 0 Å². The summed E-state index contributed by atoms with van der Waals surface area (Å²) in [6, 6.07) is 19.3. The number of carbonyl (C=O) groups is 1. The van der Waals surface area contributed by atoms with Crippen LogP contribution < -0.4 is 0 Å². The van der Waals surface area contributed by atoms with Gasteiger partial charge in [0.2, 0.25) is 0 Å². The van der Waals surface area contributed by atoms with E-state index in [4.69, 9.17) is 0 Å². The van der Waals surface area contributed by atoms with Crippen LogP contribution >= 0.6 is 0 Å². The Labute approximate surface area is 114 Å². The molecule has 2 aromatic rings. The Kier molecular flexibility index (Phi) is 4.31. The molecule has 0 fully saturated rings. The first-order chi connectivity index (χ1) is 9.18. The minimum absolute atomic E-state index is 0.00875. The molecule has 0 radical (unpaired) electrons. The summed E-state index contributed by atoms with van der Waals surface area (Å²) < 4.78 is 0. The molecule has 0 atom stereocenters. The van der Waals surface area contributed by atoms with Gasteiger partial charge in [0, 0.05) is 19.7 Å². The summed E-state index contributed by atoms with van der Waals surface area (Å²) in [4.78, 5) is 12.5. The Morgan fingerprint density at radius 3 is 1.95 bits per heavy atom. The standard InChI is InChI=1S/C16H18N2O/c1-17(2)18(13-14-9-5-3-6-10-14)16(19)15-11-7-4-8-12-15/h3-12H,13H2,1-2H3. The molecule has 0 aliphatic rings. The molecule has 0 N–H and O–H groups in total. The molecule has 0 saturated carbocycles. The fourth-order valence-corrected chi connectivity index (χ4v) is 1.88. The van der Waals surface area contributed by atoms with Crippen molar-refractivity contribution in [1.29, 1.82) is 0 Å². The normalized spacial score (nSPS) is 10.5. The van der Waals surface area contributed by atoms with E-state index in [1.807, 2.05) is 79.8 Å². The number of amides is 1. The van der Waals surface area contributed by atoms with Crippen LogP contribution in [0.4, 0.5) is 0 Å². The maximum Gasteiger partial charge on any atom is 0.268 e. The highest BCUT2D eigenvalue weighted by Gasteiger charge is 2.17. The summed E-state index contributed by atoms with van der Waals surface area (Å²) >= 11 is 0. The molecule has 0 bridgehead atoms. The summed E-state index contributed by atoms with van der Waals surface area (Å²) in [6.07, 6.45) is 0. The Balaban J connectivity index is 2.19. The second-order valence-electron chi connectivity index (χ2n) is 4.56. The third-order valence-electron chi connectivity index (χ3n) is 2.91. The van der Waals surface area contributed by atoms with Crippen LogP contribution in [-0.2, 0) is 6.54 Å². The zero-order valence-corrected chi connectivity index (χ0v) is 11.3. The van der Waals surface area contributed by atoms with E-state index in [-0.39, 0.29) is 5.91 Å². The topological polar surface area (TPSA) is 23.6 Å². The van der Waals surface area contributed by atoms with Crippen molar-refractivity contribution in [2.45, 2.75) is 6.54 Å². The van der Waals surface area contributed by atoms with Crippen LogP contribution in [0, 0.1) is 0 Å². The third kappa shape index (κ3) is 3.42. The number of carbonyl (C=O) groups excluding carboxylic acids is 1. The van der Waals surface area contributed by atoms with Gasteiger partial charge in [-0.25, -0.2) is 5.01 Å². The Morgan fingerprint density at radius 2 is 1.42 bits per heavy atom. The van der Waals surface area contributed by atoms with Crippen LogP contribution in [0.5, 0.6) is 0 Å². The molecule has 0 aliphatic carbocycles. The Bertz CT molecular complexity index is 523. The zero-order valence-electron chi connectivity index (χ0n) is 11.3. The van der Waals surface area contributed by atoms with E-state index < -0.39 is 0 Å². The molecular weight excluding hydrogens is 236 g/mol. The fraction of sp³-hybridized carbons (Fsp3) is 0.188. The summed E-state index contributed by atoms with van der Waals surface area (Å²) in [5.41, 5.74) is 1.81. The molecule has 2 aromatic carbocycles. The van der Waals surface area contributed by atoms with Crippen molar-refractivity contribution in [2.75, 3.05) is 14.1 Å². The van der Waals surface area contributed by atoms with Gasteiger partial charge < -0.3 is 0 Å². The monoisotopic (exact) mass is 254 g/mol. The van der Waals surface area contributed by atoms with E-state index >= 15 is 0 Å². The van der Waals surface area contributed by atoms with E-state index in [9.17, 15) is 4.79 Å².